The molecular formula is C30H45NO3. The molecule has 0 spiro atoms. The Morgan fingerprint density at radius 2 is 1.26 bits per heavy atom. The fourth-order valence-corrected chi connectivity index (χ4v) is 4.64. The third-order valence-corrected chi connectivity index (χ3v) is 6.69. The molecule has 0 saturated carbocycles. The Labute approximate surface area is 206 Å². The average Bonchev–Trinajstić information content (AvgIpc) is 2.84. The highest BCUT2D eigenvalue weighted by Gasteiger charge is 2.21. The number of nitrogens with one attached hydrogen (secondary N) is 1. The molecule has 1 unspecified atom stereocenters. The molecule has 188 valence electrons. The van der Waals surface area contributed by atoms with E-state index in [0.29, 0.717) is 12.8 Å². The van der Waals surface area contributed by atoms with Crippen molar-refractivity contribution >= 4 is 22.6 Å². The molecule has 1 atom stereocenters. The summed E-state index contributed by atoms with van der Waals surface area (Å²) < 4.78 is 0. The molecule has 1 amide bonds. The maximum Gasteiger partial charge on any atom is 0.326 e. The van der Waals surface area contributed by atoms with E-state index in [1.807, 2.05) is 42.5 Å². The summed E-state index contributed by atoms with van der Waals surface area (Å²) in [6, 6.07) is 12.9. The number of benzene rings is 2. The predicted molar refractivity (Wildman–Crippen MR) is 142 cm³/mol. The zero-order chi connectivity index (χ0) is 24.4. The van der Waals surface area contributed by atoms with Crippen LogP contribution in [0.2, 0.25) is 0 Å². The van der Waals surface area contributed by atoms with E-state index >= 15 is 0 Å². The second-order valence-corrected chi connectivity index (χ2v) is 9.65. The molecule has 2 N–H and O–H groups in total. The van der Waals surface area contributed by atoms with Crippen LogP contribution in [0.4, 0.5) is 0 Å². The minimum atomic E-state index is -0.984. The molecule has 0 aromatic heterocycles. The summed E-state index contributed by atoms with van der Waals surface area (Å²) in [5, 5.41) is 14.5. The highest BCUT2D eigenvalue weighted by atomic mass is 16.4. The minimum absolute atomic E-state index is 0.161. The molecule has 0 bridgehead atoms. The molecular weight excluding hydrogens is 422 g/mol. The van der Waals surface area contributed by atoms with Crippen LogP contribution in [0.1, 0.15) is 109 Å². The second-order valence-electron chi connectivity index (χ2n) is 9.65. The summed E-state index contributed by atoms with van der Waals surface area (Å²) in [6.45, 7) is 2.26. The average molecular weight is 468 g/mol. The molecule has 0 aliphatic heterocycles. The second kappa shape index (κ2) is 17.1. The van der Waals surface area contributed by atoms with Gasteiger partial charge in [-0.3, -0.25) is 4.79 Å². The Morgan fingerprint density at radius 1 is 0.735 bits per heavy atom. The van der Waals surface area contributed by atoms with Crippen molar-refractivity contribution in [2.24, 2.45) is 0 Å². The minimum Gasteiger partial charge on any atom is -0.480 e. The Bertz CT molecular complexity index is 843. The van der Waals surface area contributed by atoms with E-state index in [1.165, 1.54) is 70.6 Å². The number of rotatable bonds is 19. The van der Waals surface area contributed by atoms with Gasteiger partial charge in [-0.05, 0) is 22.8 Å². The van der Waals surface area contributed by atoms with Crippen LogP contribution in [0.5, 0.6) is 0 Å². The first kappa shape index (κ1) is 27.9. The van der Waals surface area contributed by atoms with Crippen molar-refractivity contribution in [3.8, 4) is 0 Å². The number of hydrogen-bond donors (Lipinski definition) is 2. The van der Waals surface area contributed by atoms with Gasteiger partial charge in [0.2, 0.25) is 5.91 Å². The van der Waals surface area contributed by atoms with Gasteiger partial charge in [0.1, 0.15) is 6.04 Å². The zero-order valence-corrected chi connectivity index (χ0v) is 21.2. The van der Waals surface area contributed by atoms with E-state index in [0.717, 1.165) is 35.6 Å². The van der Waals surface area contributed by atoms with Crippen molar-refractivity contribution in [1.82, 2.24) is 5.32 Å². The van der Waals surface area contributed by atoms with E-state index in [4.69, 9.17) is 0 Å². The molecule has 2 rings (SSSR count). The highest BCUT2D eigenvalue weighted by molar-refractivity contribution is 5.88. The fourth-order valence-electron chi connectivity index (χ4n) is 4.64. The summed E-state index contributed by atoms with van der Waals surface area (Å²) in [4.78, 5) is 24.1. The largest absolute Gasteiger partial charge is 0.480 e. The first-order valence-electron chi connectivity index (χ1n) is 13.6. The van der Waals surface area contributed by atoms with Crippen LogP contribution in [0.3, 0.4) is 0 Å². The van der Waals surface area contributed by atoms with Crippen LogP contribution in [0.15, 0.2) is 42.5 Å². The van der Waals surface area contributed by atoms with Crippen molar-refractivity contribution < 1.29 is 14.7 Å². The maximum atomic E-state index is 12.4. The standard InChI is InChI=1S/C30H45NO3/c1-2-3-4-5-6-7-8-9-10-11-12-13-14-15-23-29(32)31-28(30(33)34)24-26-21-18-20-25-19-16-17-22-27(25)26/h16-22,28H,2-15,23-24H2,1H3,(H,31,32)(H,33,34). The van der Waals surface area contributed by atoms with Gasteiger partial charge in [0, 0.05) is 12.8 Å². The number of carboxylic acids is 1. The summed E-state index contributed by atoms with van der Waals surface area (Å²) in [6.07, 6.45) is 18.6. The SMILES string of the molecule is CCCCCCCCCCCCCCCCC(=O)NC(Cc1cccc2ccccc12)C(=O)O. The van der Waals surface area contributed by atoms with Crippen LogP contribution in [-0.4, -0.2) is 23.0 Å². The van der Waals surface area contributed by atoms with Crippen molar-refractivity contribution in [3.05, 3.63) is 48.0 Å². The number of hydrogen-bond acceptors (Lipinski definition) is 2. The Morgan fingerprint density at radius 3 is 1.85 bits per heavy atom. The maximum absolute atomic E-state index is 12.4. The van der Waals surface area contributed by atoms with E-state index in [9.17, 15) is 14.7 Å². The summed E-state index contributed by atoms with van der Waals surface area (Å²) in [5.41, 5.74) is 0.947. The van der Waals surface area contributed by atoms with Crippen molar-refractivity contribution in [1.29, 1.82) is 0 Å². The molecule has 4 heteroatoms. The van der Waals surface area contributed by atoms with E-state index < -0.39 is 12.0 Å². The van der Waals surface area contributed by atoms with Crippen LogP contribution in [0, 0.1) is 0 Å². The first-order valence-corrected chi connectivity index (χ1v) is 13.6. The van der Waals surface area contributed by atoms with Gasteiger partial charge in [-0.25, -0.2) is 4.79 Å². The third-order valence-electron chi connectivity index (χ3n) is 6.69. The first-order chi connectivity index (χ1) is 16.6. The van der Waals surface area contributed by atoms with E-state index in [1.54, 1.807) is 0 Å². The number of carboxylic acid groups (broad SMARTS) is 1. The predicted octanol–water partition coefficient (Wildman–Crippen LogP) is 7.82. The smallest absolute Gasteiger partial charge is 0.326 e. The third kappa shape index (κ3) is 11.2. The Kier molecular flexibility index (Phi) is 14.0. The summed E-state index contributed by atoms with van der Waals surface area (Å²) in [7, 11) is 0. The van der Waals surface area contributed by atoms with E-state index in [-0.39, 0.29) is 5.91 Å². The molecule has 34 heavy (non-hydrogen) atoms. The number of fused-ring (bicyclic) bond motifs is 1. The number of carbonyl (C=O) groups is 2. The van der Waals surface area contributed by atoms with E-state index in [2.05, 4.69) is 12.2 Å². The van der Waals surface area contributed by atoms with Crippen LogP contribution in [0.25, 0.3) is 10.8 Å². The Balaban J connectivity index is 1.55. The van der Waals surface area contributed by atoms with Gasteiger partial charge in [0.05, 0.1) is 0 Å². The van der Waals surface area contributed by atoms with Crippen molar-refractivity contribution in [2.45, 2.75) is 116 Å². The molecule has 2 aromatic carbocycles. The van der Waals surface area contributed by atoms with Gasteiger partial charge >= 0.3 is 5.97 Å². The number of aliphatic carboxylic acids is 1. The molecule has 0 aliphatic rings. The quantitative estimate of drug-likeness (QED) is 0.207. The molecule has 0 radical (unpaired) electrons. The lowest BCUT2D eigenvalue weighted by molar-refractivity contribution is -0.141. The molecule has 4 nitrogen and oxygen atoms in total. The Hall–Kier alpha value is -2.36. The summed E-state index contributed by atoms with van der Waals surface area (Å²) in [5.74, 6) is -1.14. The van der Waals surface area contributed by atoms with Gasteiger partial charge in [0.25, 0.3) is 0 Å². The lowest BCUT2D eigenvalue weighted by Crippen LogP contribution is -2.42. The summed E-state index contributed by atoms with van der Waals surface area (Å²) >= 11 is 0. The molecule has 2 aromatic rings. The molecule has 0 heterocycles. The number of unbranched alkanes of at least 4 members (excludes halogenated alkanes) is 13. The zero-order valence-electron chi connectivity index (χ0n) is 21.2. The number of amides is 1. The topological polar surface area (TPSA) is 66.4 Å². The molecule has 0 fully saturated rings. The molecule has 0 saturated heterocycles. The van der Waals surface area contributed by atoms with Gasteiger partial charge < -0.3 is 10.4 Å². The van der Waals surface area contributed by atoms with Gasteiger partial charge in [-0.1, -0.05) is 133 Å². The lowest BCUT2D eigenvalue weighted by atomic mass is 9.98. The molecule has 0 aliphatic carbocycles. The van der Waals surface area contributed by atoms with Crippen LogP contribution < -0.4 is 5.32 Å². The van der Waals surface area contributed by atoms with Crippen LogP contribution >= 0.6 is 0 Å². The number of carbonyl (C=O) groups excluding carboxylic acids is 1. The van der Waals surface area contributed by atoms with Crippen molar-refractivity contribution in [3.63, 3.8) is 0 Å². The highest BCUT2D eigenvalue weighted by Crippen LogP contribution is 2.20. The monoisotopic (exact) mass is 467 g/mol. The fraction of sp³-hybridized carbons (Fsp3) is 0.600. The van der Waals surface area contributed by atoms with Gasteiger partial charge in [0.15, 0.2) is 0 Å². The van der Waals surface area contributed by atoms with Gasteiger partial charge in [-0.2, -0.15) is 0 Å². The van der Waals surface area contributed by atoms with Crippen LogP contribution in [-0.2, 0) is 16.0 Å². The normalized spacial score (nSPS) is 12.0. The van der Waals surface area contributed by atoms with Gasteiger partial charge in [-0.15, -0.1) is 0 Å². The lowest BCUT2D eigenvalue weighted by Gasteiger charge is -2.16. The van der Waals surface area contributed by atoms with Crippen molar-refractivity contribution in [2.75, 3.05) is 0 Å².